The van der Waals surface area contributed by atoms with E-state index in [1.807, 2.05) is 0 Å². The van der Waals surface area contributed by atoms with Crippen LogP contribution in [-0.4, -0.2) is 43.9 Å². The molecule has 0 aliphatic rings. The van der Waals surface area contributed by atoms with E-state index < -0.39 is 10.9 Å². The van der Waals surface area contributed by atoms with Crippen LogP contribution in [0.2, 0.25) is 0 Å². The predicted molar refractivity (Wildman–Crippen MR) is 67.7 cm³/mol. The number of hydrogen-bond acceptors (Lipinski definition) is 6. The number of carboxylic acid groups (broad SMARTS) is 1. The highest BCUT2D eigenvalue weighted by Gasteiger charge is 2.16. The molecular weight excluding hydrogens is 255 g/mol. The van der Waals surface area contributed by atoms with Crippen molar-refractivity contribution in [2.24, 2.45) is 0 Å². The lowest BCUT2D eigenvalue weighted by atomic mass is 10.2. The molecule has 0 heterocycles. The van der Waals surface area contributed by atoms with Crippen LogP contribution >= 0.6 is 0 Å². The van der Waals surface area contributed by atoms with Crippen LogP contribution in [0.15, 0.2) is 18.2 Å². The molecule has 0 fully saturated rings. The Hall–Kier alpha value is -2.13. The van der Waals surface area contributed by atoms with Gasteiger partial charge in [0.05, 0.1) is 17.6 Å². The van der Waals surface area contributed by atoms with Crippen molar-refractivity contribution in [1.29, 1.82) is 0 Å². The molecule has 0 amide bonds. The van der Waals surface area contributed by atoms with E-state index in [0.29, 0.717) is 14.2 Å². The average molecular weight is 268 g/mol. The Morgan fingerprint density at radius 1 is 1.58 bits per heavy atom. The Kier molecular flexibility index (Phi) is 5.77. The van der Waals surface area contributed by atoms with E-state index >= 15 is 0 Å². The number of benzene rings is 1. The van der Waals surface area contributed by atoms with Crippen LogP contribution in [0.3, 0.4) is 0 Å². The van der Waals surface area contributed by atoms with E-state index in [1.165, 1.54) is 7.11 Å². The zero-order chi connectivity index (χ0) is 14.3. The summed E-state index contributed by atoms with van der Waals surface area (Å²) >= 11 is 0. The Labute approximate surface area is 109 Å². The van der Waals surface area contributed by atoms with Crippen molar-refractivity contribution in [3.63, 3.8) is 0 Å². The van der Waals surface area contributed by atoms with Crippen LogP contribution in [0.1, 0.15) is 10.4 Å². The molecule has 0 aromatic heterocycles. The molecule has 0 spiro atoms. The molecule has 1 aromatic carbocycles. The van der Waals surface area contributed by atoms with Gasteiger partial charge in [-0.05, 0) is 6.07 Å². The maximum atomic E-state index is 11.0. The number of non-ortho nitro benzene ring substituents is 1. The first kappa shape index (κ1) is 14.9. The number of nitrogens with zero attached hydrogens (tertiary/aromatic N) is 1. The molecule has 2 N–H and O–H groups in total. The zero-order valence-electron chi connectivity index (χ0n) is 10.3. The first-order valence-corrected chi connectivity index (χ1v) is 5.40. The lowest BCUT2D eigenvalue weighted by Gasteiger charge is -2.09. The average Bonchev–Trinajstić information content (AvgIpc) is 2.38. The van der Waals surface area contributed by atoms with Gasteiger partial charge in [0.25, 0.3) is 5.69 Å². The normalized spacial score (nSPS) is 9.95. The fraction of sp³-hybridized carbons (Fsp3) is 0.300. The fourth-order valence-electron chi connectivity index (χ4n) is 1.33. The highest BCUT2D eigenvalue weighted by atomic mass is 16.6. The lowest BCUT2D eigenvalue weighted by molar-refractivity contribution is -0.384. The molecule has 0 radical (unpaired) electrons. The van der Waals surface area contributed by atoms with E-state index in [-0.39, 0.29) is 23.6 Å². The molecule has 8 nitrogen and oxygen atoms in total. The van der Waals surface area contributed by atoms with Gasteiger partial charge in [0.1, 0.15) is 11.3 Å². The topological polar surface area (TPSA) is 111 Å². The van der Waals surface area contributed by atoms with Gasteiger partial charge in [-0.3, -0.25) is 10.1 Å². The van der Waals surface area contributed by atoms with Crippen molar-refractivity contribution in [2.45, 2.75) is 0 Å². The van der Waals surface area contributed by atoms with Gasteiger partial charge in [-0.2, -0.15) is 0 Å². The summed E-state index contributed by atoms with van der Waals surface area (Å²) in [5, 5.41) is 22.4. The van der Waals surface area contributed by atoms with Crippen molar-refractivity contribution in [3.05, 3.63) is 33.9 Å². The van der Waals surface area contributed by atoms with E-state index in [1.54, 1.807) is 0 Å². The second-order valence-electron chi connectivity index (χ2n) is 3.52. The molecule has 0 bridgehead atoms. The van der Waals surface area contributed by atoms with Crippen LogP contribution < -0.4 is 9.96 Å². The van der Waals surface area contributed by atoms with Crippen LogP contribution in [0.5, 0.6) is 5.75 Å². The summed E-state index contributed by atoms with van der Waals surface area (Å²) in [5.74, 6) is -1.23. The highest BCUT2D eigenvalue weighted by molar-refractivity contribution is 6.23. The van der Waals surface area contributed by atoms with Crippen molar-refractivity contribution in [2.75, 3.05) is 20.3 Å². The van der Waals surface area contributed by atoms with Gasteiger partial charge in [-0.1, -0.05) is 0 Å². The van der Waals surface area contributed by atoms with E-state index in [4.69, 9.17) is 14.5 Å². The van der Waals surface area contributed by atoms with Crippen LogP contribution in [-0.2, 0) is 4.65 Å². The van der Waals surface area contributed by atoms with Crippen LogP contribution in [0, 0.1) is 10.1 Å². The summed E-state index contributed by atoms with van der Waals surface area (Å²) in [7, 11) is 1.86. The molecule has 0 aliphatic heterocycles. The first-order chi connectivity index (χ1) is 9.06. The monoisotopic (exact) mass is 268 g/mol. The molecule has 1 rings (SSSR count). The van der Waals surface area contributed by atoms with Gasteiger partial charge >= 0.3 is 13.6 Å². The van der Waals surface area contributed by atoms with Gasteiger partial charge in [0.2, 0.25) is 0 Å². The predicted octanol–water partition coefficient (Wildman–Crippen LogP) is 0.174. The van der Waals surface area contributed by atoms with Gasteiger partial charge in [0, 0.05) is 19.7 Å². The Bertz CT molecular complexity index is 467. The fourth-order valence-corrected chi connectivity index (χ4v) is 1.33. The number of carbonyl (C=O) groups is 1. The number of ether oxygens (including phenoxy) is 1. The molecule has 0 saturated heterocycles. The Morgan fingerprint density at radius 3 is 2.89 bits per heavy atom. The summed E-state index contributed by atoms with van der Waals surface area (Å²) in [6.07, 6.45) is 0. The number of nitro benzene ring substituents is 1. The zero-order valence-corrected chi connectivity index (χ0v) is 10.3. The maximum absolute atomic E-state index is 11.0. The van der Waals surface area contributed by atoms with Crippen molar-refractivity contribution >= 4 is 19.3 Å². The largest absolute Gasteiger partial charge is 0.491 e. The molecule has 0 saturated carbocycles. The lowest BCUT2D eigenvalue weighted by Crippen LogP contribution is -2.26. The third kappa shape index (κ3) is 4.56. The first-order valence-electron chi connectivity index (χ1n) is 5.40. The number of aromatic carboxylic acids is 1. The van der Waals surface area contributed by atoms with E-state index in [0.717, 1.165) is 18.2 Å². The molecule has 102 valence electrons. The van der Waals surface area contributed by atoms with Crippen LogP contribution in [0.25, 0.3) is 0 Å². The second-order valence-corrected chi connectivity index (χ2v) is 3.52. The summed E-state index contributed by atoms with van der Waals surface area (Å²) in [6.45, 7) is 0.598. The minimum absolute atomic E-state index is 0.0269. The van der Waals surface area contributed by atoms with Gasteiger partial charge in [-0.25, -0.2) is 4.79 Å². The summed E-state index contributed by atoms with van der Waals surface area (Å²) in [5.41, 5.74) is -0.331. The minimum atomic E-state index is -1.20. The molecule has 1 aromatic rings. The third-order valence-electron chi connectivity index (χ3n) is 2.19. The van der Waals surface area contributed by atoms with Crippen LogP contribution in [0.4, 0.5) is 5.69 Å². The quantitative estimate of drug-likeness (QED) is 0.299. The summed E-state index contributed by atoms with van der Waals surface area (Å²) < 4.78 is 9.99. The SMILES string of the molecule is COBNCCOc1cc([N+](=O)[O-])ccc1C(=O)O. The van der Waals surface area contributed by atoms with E-state index in [9.17, 15) is 14.9 Å². The number of carboxylic acids is 1. The van der Waals surface area contributed by atoms with E-state index in [2.05, 4.69) is 5.23 Å². The second kappa shape index (κ2) is 7.34. The standard InChI is InChI=1S/C10H13BN2O6/c1-18-11-12-4-5-19-9-6-7(13(16)17)2-3-8(9)10(14)15/h2-3,6,11-12H,4-5H2,1H3,(H,14,15). The third-order valence-corrected chi connectivity index (χ3v) is 2.19. The number of nitrogens with one attached hydrogen (secondary N) is 1. The molecule has 9 heteroatoms. The van der Waals surface area contributed by atoms with Crippen molar-refractivity contribution in [3.8, 4) is 5.75 Å². The Balaban J connectivity index is 2.74. The number of hydrogen-bond donors (Lipinski definition) is 2. The molecular formula is C10H13BN2O6. The summed E-state index contributed by atoms with van der Waals surface area (Å²) in [6, 6.07) is 3.37. The Morgan fingerprint density at radius 2 is 2.32 bits per heavy atom. The molecule has 0 atom stereocenters. The van der Waals surface area contributed by atoms with Crippen molar-refractivity contribution in [1.82, 2.24) is 5.23 Å². The van der Waals surface area contributed by atoms with Gasteiger partial charge < -0.3 is 19.7 Å². The maximum Gasteiger partial charge on any atom is 0.360 e. The van der Waals surface area contributed by atoms with Gasteiger partial charge in [0.15, 0.2) is 0 Å². The molecule has 0 unspecified atom stereocenters. The number of rotatable bonds is 8. The van der Waals surface area contributed by atoms with Crippen molar-refractivity contribution < 1.29 is 24.2 Å². The molecule has 19 heavy (non-hydrogen) atoms. The summed E-state index contributed by atoms with van der Waals surface area (Å²) in [4.78, 5) is 21.0. The minimum Gasteiger partial charge on any atom is -0.491 e. The number of nitro groups is 1. The smallest absolute Gasteiger partial charge is 0.360 e. The highest BCUT2D eigenvalue weighted by Crippen LogP contribution is 2.24. The molecule has 0 aliphatic carbocycles. The van der Waals surface area contributed by atoms with Gasteiger partial charge in [-0.15, -0.1) is 0 Å².